The summed E-state index contributed by atoms with van der Waals surface area (Å²) < 4.78 is 5.39. The van der Waals surface area contributed by atoms with Gasteiger partial charge in [0.05, 0.1) is 5.56 Å². The van der Waals surface area contributed by atoms with E-state index in [1.54, 1.807) is 4.90 Å². The second kappa shape index (κ2) is 6.47. The molecule has 1 aliphatic heterocycles. The standard InChI is InChI=1S/C18H16N4O4/c23-14-9-15(24)19-10-12(14)18(25)22-8-4-7-13(22)17-20-16(21-26-17)11-5-2-1-3-6-11/h1-3,5-6,9-10,13H,4,7-8H2,(H2,19,23,24)/t13-/m1/s1. The van der Waals surface area contributed by atoms with E-state index in [1.807, 2.05) is 30.3 Å². The third kappa shape index (κ3) is 2.85. The molecule has 1 atom stereocenters. The molecule has 0 unspecified atom stereocenters. The third-order valence-electron chi connectivity index (χ3n) is 4.41. The van der Waals surface area contributed by atoms with Crippen LogP contribution < -0.4 is 5.56 Å². The molecule has 0 aliphatic carbocycles. The normalized spacial score (nSPS) is 16.8. The van der Waals surface area contributed by atoms with Crippen LogP contribution in [0.3, 0.4) is 0 Å². The number of aromatic hydroxyl groups is 1. The Kier molecular flexibility index (Phi) is 4.00. The van der Waals surface area contributed by atoms with E-state index in [4.69, 9.17) is 4.52 Å². The molecule has 26 heavy (non-hydrogen) atoms. The minimum absolute atomic E-state index is 0.0410. The number of aromatic amines is 1. The largest absolute Gasteiger partial charge is 0.507 e. The summed E-state index contributed by atoms with van der Waals surface area (Å²) in [6.45, 7) is 0.505. The van der Waals surface area contributed by atoms with Crippen LogP contribution in [0.1, 0.15) is 35.1 Å². The molecule has 132 valence electrons. The number of carbonyl (C=O) groups excluding carboxylic acids is 1. The van der Waals surface area contributed by atoms with Crippen LogP contribution >= 0.6 is 0 Å². The maximum atomic E-state index is 12.8. The Morgan fingerprint density at radius 3 is 2.88 bits per heavy atom. The molecular weight excluding hydrogens is 336 g/mol. The second-order valence-electron chi connectivity index (χ2n) is 6.07. The molecule has 3 aromatic rings. The number of likely N-dealkylation sites (tertiary alicyclic amines) is 1. The molecule has 8 heteroatoms. The van der Waals surface area contributed by atoms with Crippen molar-refractivity contribution in [3.05, 3.63) is 64.4 Å². The maximum absolute atomic E-state index is 12.8. The van der Waals surface area contributed by atoms with Crippen molar-refractivity contribution in [1.82, 2.24) is 20.0 Å². The average Bonchev–Trinajstić information content (AvgIpc) is 3.31. The van der Waals surface area contributed by atoms with Crippen molar-refractivity contribution >= 4 is 5.91 Å². The van der Waals surface area contributed by atoms with Crippen molar-refractivity contribution in [3.8, 4) is 17.1 Å². The van der Waals surface area contributed by atoms with Crippen molar-refractivity contribution in [2.45, 2.75) is 18.9 Å². The molecule has 8 nitrogen and oxygen atoms in total. The summed E-state index contributed by atoms with van der Waals surface area (Å²) in [6, 6.07) is 10.1. The molecule has 2 aromatic heterocycles. The average molecular weight is 352 g/mol. The van der Waals surface area contributed by atoms with Gasteiger partial charge in [-0.15, -0.1) is 0 Å². The molecule has 0 bridgehead atoms. The number of pyridine rings is 1. The SMILES string of the molecule is O=C(c1c[nH]c(=O)cc1O)N1CCC[C@@H]1c1nc(-c2ccccc2)no1. The molecule has 1 aliphatic rings. The molecule has 4 rings (SSSR count). The van der Waals surface area contributed by atoms with Crippen molar-refractivity contribution in [2.75, 3.05) is 6.54 Å². The zero-order valence-electron chi connectivity index (χ0n) is 13.8. The molecule has 1 amide bonds. The number of carbonyl (C=O) groups is 1. The highest BCUT2D eigenvalue weighted by Crippen LogP contribution is 2.34. The van der Waals surface area contributed by atoms with Gasteiger partial charge >= 0.3 is 0 Å². The predicted molar refractivity (Wildman–Crippen MR) is 91.5 cm³/mol. The van der Waals surface area contributed by atoms with Gasteiger partial charge in [-0.05, 0) is 12.8 Å². The van der Waals surface area contributed by atoms with Crippen LogP contribution in [-0.4, -0.2) is 37.6 Å². The highest BCUT2D eigenvalue weighted by molar-refractivity contribution is 5.96. The Labute approximate surface area is 148 Å². The van der Waals surface area contributed by atoms with Gasteiger partial charge in [0.1, 0.15) is 11.8 Å². The van der Waals surface area contributed by atoms with E-state index < -0.39 is 5.56 Å². The lowest BCUT2D eigenvalue weighted by Crippen LogP contribution is -2.31. The van der Waals surface area contributed by atoms with Gasteiger partial charge in [0.25, 0.3) is 11.5 Å². The maximum Gasteiger partial charge on any atom is 0.259 e. The Morgan fingerprint density at radius 2 is 2.12 bits per heavy atom. The van der Waals surface area contributed by atoms with Gasteiger partial charge in [-0.1, -0.05) is 35.5 Å². The number of H-pyrrole nitrogens is 1. The van der Waals surface area contributed by atoms with Gasteiger partial charge in [0.15, 0.2) is 0 Å². The molecule has 1 fully saturated rings. The van der Waals surface area contributed by atoms with Gasteiger partial charge in [-0.25, -0.2) is 0 Å². The molecule has 0 saturated carbocycles. The minimum Gasteiger partial charge on any atom is -0.507 e. The van der Waals surface area contributed by atoms with Gasteiger partial charge < -0.3 is 19.5 Å². The number of rotatable bonds is 3. The van der Waals surface area contributed by atoms with Crippen LogP contribution in [0, 0.1) is 0 Å². The van der Waals surface area contributed by atoms with E-state index in [-0.39, 0.29) is 23.3 Å². The number of benzene rings is 1. The molecule has 0 spiro atoms. The third-order valence-corrected chi connectivity index (χ3v) is 4.41. The highest BCUT2D eigenvalue weighted by Gasteiger charge is 2.35. The summed E-state index contributed by atoms with van der Waals surface area (Å²) in [4.78, 5) is 32.5. The monoisotopic (exact) mass is 352 g/mol. The number of nitrogens with zero attached hydrogens (tertiary/aromatic N) is 3. The zero-order chi connectivity index (χ0) is 18.1. The van der Waals surface area contributed by atoms with Crippen molar-refractivity contribution < 1.29 is 14.4 Å². The summed E-state index contributed by atoms with van der Waals surface area (Å²) >= 11 is 0. The lowest BCUT2D eigenvalue weighted by molar-refractivity contribution is 0.0706. The smallest absolute Gasteiger partial charge is 0.259 e. The first kappa shape index (κ1) is 16.1. The topological polar surface area (TPSA) is 112 Å². The van der Waals surface area contributed by atoms with Crippen LogP contribution in [0.5, 0.6) is 5.75 Å². The number of amides is 1. The summed E-state index contributed by atoms with van der Waals surface area (Å²) in [6.07, 6.45) is 2.69. The number of aromatic nitrogens is 3. The molecule has 3 heterocycles. The predicted octanol–water partition coefficient (Wildman–Crippen LogP) is 2.11. The zero-order valence-corrected chi connectivity index (χ0v) is 13.8. The molecule has 2 N–H and O–H groups in total. The van der Waals surface area contributed by atoms with Gasteiger partial charge in [0, 0.05) is 24.4 Å². The van der Waals surface area contributed by atoms with E-state index in [9.17, 15) is 14.7 Å². The van der Waals surface area contributed by atoms with E-state index in [1.165, 1.54) is 6.20 Å². The van der Waals surface area contributed by atoms with Crippen molar-refractivity contribution in [2.24, 2.45) is 0 Å². The molecule has 1 aromatic carbocycles. The van der Waals surface area contributed by atoms with E-state index >= 15 is 0 Å². The van der Waals surface area contributed by atoms with Gasteiger partial charge in [-0.2, -0.15) is 4.98 Å². The van der Waals surface area contributed by atoms with E-state index in [0.717, 1.165) is 18.1 Å². The first-order valence-electron chi connectivity index (χ1n) is 8.25. The molecule has 0 radical (unpaired) electrons. The first-order chi connectivity index (χ1) is 12.6. The van der Waals surface area contributed by atoms with E-state index in [0.29, 0.717) is 24.7 Å². The van der Waals surface area contributed by atoms with Crippen LogP contribution in [0.25, 0.3) is 11.4 Å². The summed E-state index contributed by atoms with van der Waals surface area (Å²) in [5.74, 6) is 0.0889. The van der Waals surface area contributed by atoms with E-state index in [2.05, 4.69) is 15.1 Å². The first-order valence-corrected chi connectivity index (χ1v) is 8.25. The fourth-order valence-corrected chi connectivity index (χ4v) is 3.13. The lowest BCUT2D eigenvalue weighted by atomic mass is 10.2. The summed E-state index contributed by atoms with van der Waals surface area (Å²) in [7, 11) is 0. The molecule has 1 saturated heterocycles. The second-order valence-corrected chi connectivity index (χ2v) is 6.07. The lowest BCUT2D eigenvalue weighted by Gasteiger charge is -2.22. The Balaban J connectivity index is 1.62. The highest BCUT2D eigenvalue weighted by atomic mass is 16.5. The summed E-state index contributed by atoms with van der Waals surface area (Å²) in [5.41, 5.74) is 0.400. The fraction of sp³-hybridized carbons (Fsp3) is 0.222. The number of nitrogens with one attached hydrogen (secondary N) is 1. The Bertz CT molecular complexity index is 996. The van der Waals surface area contributed by atoms with Crippen LogP contribution in [0.2, 0.25) is 0 Å². The summed E-state index contributed by atoms with van der Waals surface area (Å²) in [5, 5.41) is 13.9. The number of hydrogen-bond acceptors (Lipinski definition) is 6. The fourth-order valence-electron chi connectivity index (χ4n) is 3.13. The number of hydrogen-bond donors (Lipinski definition) is 2. The van der Waals surface area contributed by atoms with Crippen molar-refractivity contribution in [3.63, 3.8) is 0 Å². The Hall–Kier alpha value is -3.42. The van der Waals surface area contributed by atoms with Crippen LogP contribution in [-0.2, 0) is 0 Å². The molecular formula is C18H16N4O4. The van der Waals surface area contributed by atoms with Crippen molar-refractivity contribution in [1.29, 1.82) is 0 Å². The van der Waals surface area contributed by atoms with Gasteiger partial charge in [0.2, 0.25) is 11.7 Å². The quantitative estimate of drug-likeness (QED) is 0.746. The Morgan fingerprint density at radius 1 is 1.31 bits per heavy atom. The van der Waals surface area contributed by atoms with Crippen LogP contribution in [0.4, 0.5) is 0 Å². The van der Waals surface area contributed by atoms with Gasteiger partial charge in [-0.3, -0.25) is 9.59 Å². The van der Waals surface area contributed by atoms with Crippen LogP contribution in [0.15, 0.2) is 51.9 Å². The minimum atomic E-state index is -0.471.